The third-order valence-corrected chi connectivity index (χ3v) is 6.44. The Morgan fingerprint density at radius 3 is 2.94 bits per heavy atom. The van der Waals surface area contributed by atoms with Gasteiger partial charge in [-0.15, -0.1) is 11.3 Å². The fourth-order valence-corrected chi connectivity index (χ4v) is 5.25. The molecule has 1 aromatic rings. The van der Waals surface area contributed by atoms with E-state index in [1.165, 1.54) is 39.9 Å². The van der Waals surface area contributed by atoms with E-state index >= 15 is 0 Å². The molecule has 0 spiro atoms. The van der Waals surface area contributed by atoms with Crippen LogP contribution < -0.4 is 0 Å². The Morgan fingerprint density at radius 2 is 2.35 bits per heavy atom. The summed E-state index contributed by atoms with van der Waals surface area (Å²) in [6.45, 7) is 3.11. The van der Waals surface area contributed by atoms with Crippen molar-refractivity contribution in [3.63, 3.8) is 0 Å². The highest BCUT2D eigenvalue weighted by molar-refractivity contribution is 9.11. The van der Waals surface area contributed by atoms with E-state index in [9.17, 15) is 0 Å². The maximum atomic E-state index is 5.77. The maximum Gasteiger partial charge on any atom is 0.0575 e. The zero-order chi connectivity index (χ0) is 12.3. The second-order valence-electron chi connectivity index (χ2n) is 4.60. The first-order chi connectivity index (χ1) is 8.16. The molecule has 4 heteroatoms. The summed E-state index contributed by atoms with van der Waals surface area (Å²) in [7, 11) is 0. The van der Waals surface area contributed by atoms with Crippen LogP contribution in [-0.2, 0) is 4.74 Å². The molecule has 96 valence electrons. The molecule has 0 N–H and O–H groups in total. The Hall–Kier alpha value is 0.620. The third kappa shape index (κ3) is 4.05. The van der Waals surface area contributed by atoms with Crippen LogP contribution in [0.4, 0.5) is 0 Å². The Balaban J connectivity index is 1.84. The summed E-state index contributed by atoms with van der Waals surface area (Å²) >= 11 is 9.31. The molecule has 1 fully saturated rings. The maximum absolute atomic E-state index is 5.77. The van der Waals surface area contributed by atoms with Crippen molar-refractivity contribution in [1.29, 1.82) is 0 Å². The van der Waals surface area contributed by atoms with Crippen LogP contribution in [0, 0.1) is 6.92 Å². The topological polar surface area (TPSA) is 9.23 Å². The molecule has 1 aliphatic rings. The second-order valence-corrected chi connectivity index (χ2v) is 7.85. The normalized spacial score (nSPS) is 22.6. The van der Waals surface area contributed by atoms with Crippen LogP contribution in [0.5, 0.6) is 0 Å². The van der Waals surface area contributed by atoms with Gasteiger partial charge in [-0.05, 0) is 61.0 Å². The molecule has 2 heterocycles. The zero-order valence-corrected chi connectivity index (χ0v) is 14.0. The molecular weight excluding hydrogens is 364 g/mol. The molecule has 0 aromatic carbocycles. The van der Waals surface area contributed by atoms with Crippen molar-refractivity contribution in [1.82, 2.24) is 0 Å². The lowest BCUT2D eigenvalue weighted by Crippen LogP contribution is -2.19. The van der Waals surface area contributed by atoms with Gasteiger partial charge in [-0.1, -0.05) is 15.9 Å². The molecule has 0 radical (unpaired) electrons. The van der Waals surface area contributed by atoms with E-state index < -0.39 is 0 Å². The molecule has 0 amide bonds. The molecule has 2 unspecified atom stereocenters. The fourth-order valence-electron chi connectivity index (χ4n) is 2.21. The van der Waals surface area contributed by atoms with Crippen LogP contribution in [0.1, 0.15) is 46.7 Å². The number of ether oxygens (including phenoxy) is 1. The molecular formula is C13H18Br2OS. The van der Waals surface area contributed by atoms with Gasteiger partial charge in [0.05, 0.1) is 10.9 Å². The van der Waals surface area contributed by atoms with Crippen molar-refractivity contribution in [2.75, 3.05) is 6.61 Å². The Labute approximate surface area is 124 Å². The highest BCUT2D eigenvalue weighted by atomic mass is 79.9. The predicted octanol–water partition coefficient (Wildman–Crippen LogP) is 5.60. The lowest BCUT2D eigenvalue weighted by atomic mass is 10.0. The van der Waals surface area contributed by atoms with Crippen molar-refractivity contribution in [3.8, 4) is 0 Å². The van der Waals surface area contributed by atoms with Gasteiger partial charge in [0.15, 0.2) is 0 Å². The lowest BCUT2D eigenvalue weighted by Gasteiger charge is -2.23. The van der Waals surface area contributed by atoms with E-state index in [1.807, 2.05) is 11.3 Å². The van der Waals surface area contributed by atoms with Gasteiger partial charge in [-0.25, -0.2) is 0 Å². The van der Waals surface area contributed by atoms with E-state index in [-0.39, 0.29) is 0 Å². The van der Waals surface area contributed by atoms with Crippen LogP contribution >= 0.6 is 43.2 Å². The minimum Gasteiger partial charge on any atom is -0.378 e. The molecule has 1 aliphatic heterocycles. The number of hydrogen-bond donors (Lipinski definition) is 0. The summed E-state index contributed by atoms with van der Waals surface area (Å²) in [5.41, 5.74) is 0. The first kappa shape index (κ1) is 14.0. The zero-order valence-electron chi connectivity index (χ0n) is 10.0. The summed E-state index contributed by atoms with van der Waals surface area (Å²) in [5, 5.41) is 0. The van der Waals surface area contributed by atoms with Crippen LogP contribution in [-0.4, -0.2) is 12.7 Å². The summed E-state index contributed by atoms with van der Waals surface area (Å²) in [4.78, 5) is 3.24. The summed E-state index contributed by atoms with van der Waals surface area (Å²) in [6.07, 6.45) is 6.62. The van der Waals surface area contributed by atoms with Crippen LogP contribution in [0.3, 0.4) is 0 Å². The van der Waals surface area contributed by atoms with Crippen molar-refractivity contribution in [2.45, 2.75) is 50.0 Å². The minimum absolute atomic E-state index is 0.459. The van der Waals surface area contributed by atoms with Gasteiger partial charge < -0.3 is 4.74 Å². The molecule has 2 rings (SSSR count). The average molecular weight is 382 g/mol. The third-order valence-electron chi connectivity index (χ3n) is 3.14. The van der Waals surface area contributed by atoms with Gasteiger partial charge in [-0.3, -0.25) is 0 Å². The standard InChI is InChI=1S/C13H18Br2OS/c1-9-8-12(15)13(17-9)11(14)6-5-10-4-2-3-7-16-10/h8,10-11H,2-7H2,1H3. The number of hydrogen-bond acceptors (Lipinski definition) is 2. The van der Waals surface area contributed by atoms with Gasteiger partial charge in [0.25, 0.3) is 0 Å². The SMILES string of the molecule is Cc1cc(Br)c(C(Br)CCC2CCCCO2)s1. The van der Waals surface area contributed by atoms with E-state index in [0.717, 1.165) is 13.0 Å². The fraction of sp³-hybridized carbons (Fsp3) is 0.692. The smallest absolute Gasteiger partial charge is 0.0575 e. The highest BCUT2D eigenvalue weighted by Crippen LogP contribution is 2.39. The predicted molar refractivity (Wildman–Crippen MR) is 81.2 cm³/mol. The monoisotopic (exact) mass is 380 g/mol. The number of thiophene rings is 1. The van der Waals surface area contributed by atoms with Gasteiger partial charge in [0.2, 0.25) is 0 Å². The number of halogens is 2. The van der Waals surface area contributed by atoms with Gasteiger partial charge in [-0.2, -0.15) is 0 Å². The average Bonchev–Trinajstić information content (AvgIpc) is 2.67. The van der Waals surface area contributed by atoms with Crippen LogP contribution in [0.15, 0.2) is 10.5 Å². The molecule has 17 heavy (non-hydrogen) atoms. The van der Waals surface area contributed by atoms with Gasteiger partial charge >= 0.3 is 0 Å². The Kier molecular flexibility index (Phi) is 5.52. The Bertz CT molecular complexity index is 358. The quantitative estimate of drug-likeness (QED) is 0.616. The summed E-state index contributed by atoms with van der Waals surface area (Å²) < 4.78 is 7.01. The van der Waals surface area contributed by atoms with Crippen LogP contribution in [0.25, 0.3) is 0 Å². The Morgan fingerprint density at radius 1 is 1.53 bits per heavy atom. The summed E-state index contributed by atoms with van der Waals surface area (Å²) in [6, 6.07) is 2.20. The van der Waals surface area contributed by atoms with Gasteiger partial charge in [0, 0.05) is 20.8 Å². The minimum atomic E-state index is 0.459. The van der Waals surface area contributed by atoms with Crippen molar-refractivity contribution < 1.29 is 4.74 Å². The lowest BCUT2D eigenvalue weighted by molar-refractivity contribution is 0.0102. The summed E-state index contributed by atoms with van der Waals surface area (Å²) in [5.74, 6) is 0. The molecule has 0 bridgehead atoms. The van der Waals surface area contributed by atoms with Crippen molar-refractivity contribution in [2.24, 2.45) is 0 Å². The largest absolute Gasteiger partial charge is 0.378 e. The molecule has 1 saturated heterocycles. The van der Waals surface area contributed by atoms with Crippen molar-refractivity contribution >= 4 is 43.2 Å². The second kappa shape index (κ2) is 6.69. The van der Waals surface area contributed by atoms with E-state index in [1.54, 1.807) is 0 Å². The first-order valence-electron chi connectivity index (χ1n) is 6.18. The number of rotatable bonds is 4. The molecule has 1 nitrogen and oxygen atoms in total. The van der Waals surface area contributed by atoms with E-state index in [0.29, 0.717) is 10.9 Å². The molecule has 0 aliphatic carbocycles. The van der Waals surface area contributed by atoms with Gasteiger partial charge in [0.1, 0.15) is 0 Å². The molecule has 0 saturated carbocycles. The number of aryl methyl sites for hydroxylation is 1. The first-order valence-corrected chi connectivity index (χ1v) is 8.71. The van der Waals surface area contributed by atoms with E-state index in [4.69, 9.17) is 4.74 Å². The van der Waals surface area contributed by atoms with Crippen LogP contribution in [0.2, 0.25) is 0 Å². The van der Waals surface area contributed by atoms with Crippen molar-refractivity contribution in [3.05, 3.63) is 20.3 Å². The van der Waals surface area contributed by atoms with E-state index in [2.05, 4.69) is 44.8 Å². The molecule has 1 aromatic heterocycles. The molecule has 2 atom stereocenters. The highest BCUT2D eigenvalue weighted by Gasteiger charge is 2.18. The number of alkyl halides is 1.